The van der Waals surface area contributed by atoms with Gasteiger partial charge in [0.15, 0.2) is 0 Å². The zero-order chi connectivity index (χ0) is 14.5. The lowest BCUT2D eigenvalue weighted by Crippen LogP contribution is -2.24. The van der Waals surface area contributed by atoms with Crippen LogP contribution in [0.4, 0.5) is 0 Å². The molecule has 0 fully saturated rings. The number of aromatic nitrogens is 1. The van der Waals surface area contributed by atoms with Gasteiger partial charge in [-0.25, -0.2) is 0 Å². The van der Waals surface area contributed by atoms with Crippen LogP contribution in [-0.2, 0) is 17.8 Å². The summed E-state index contributed by atoms with van der Waals surface area (Å²) in [4.78, 5) is 23.2. The number of hydrogen-bond acceptors (Lipinski definition) is 2. The summed E-state index contributed by atoms with van der Waals surface area (Å²) in [6.45, 7) is 2.52. The third-order valence-corrected chi connectivity index (χ3v) is 3.42. The minimum atomic E-state index is -0.417. The second kappa shape index (κ2) is 6.53. The predicted molar refractivity (Wildman–Crippen MR) is 81.0 cm³/mol. The average molecular weight is 290 g/mol. The largest absolute Gasteiger partial charge is 0.308 e. The molecule has 1 aromatic carbocycles. The van der Waals surface area contributed by atoms with Crippen LogP contribution in [0.3, 0.4) is 0 Å². The lowest BCUT2D eigenvalue weighted by Gasteiger charge is -2.12. The molecule has 20 heavy (non-hydrogen) atoms. The number of benzene rings is 1. The molecule has 0 atom stereocenters. The summed E-state index contributed by atoms with van der Waals surface area (Å²) in [5.74, 6) is 0. The molecule has 4 heteroatoms. The van der Waals surface area contributed by atoms with Gasteiger partial charge in [0, 0.05) is 18.5 Å². The Kier molecular flexibility index (Phi) is 4.74. The minimum absolute atomic E-state index is 0.0493. The predicted octanol–water partition coefficient (Wildman–Crippen LogP) is 3.23. The van der Waals surface area contributed by atoms with Crippen LogP contribution >= 0.6 is 11.6 Å². The Balaban J connectivity index is 2.44. The normalized spacial score (nSPS) is 10.5. The quantitative estimate of drug-likeness (QED) is 0.793. The Morgan fingerprint density at radius 1 is 1.15 bits per heavy atom. The smallest absolute Gasteiger partial charge is 0.254 e. The van der Waals surface area contributed by atoms with Crippen molar-refractivity contribution in [3.63, 3.8) is 0 Å². The van der Waals surface area contributed by atoms with Gasteiger partial charge in [0.25, 0.3) is 5.56 Å². The van der Waals surface area contributed by atoms with Crippen LogP contribution < -0.4 is 5.56 Å². The van der Waals surface area contributed by atoms with Crippen molar-refractivity contribution in [2.75, 3.05) is 0 Å². The molecule has 2 rings (SSSR count). The van der Waals surface area contributed by atoms with Gasteiger partial charge in [-0.15, -0.1) is 0 Å². The van der Waals surface area contributed by atoms with Crippen LogP contribution in [0, 0.1) is 0 Å². The molecule has 0 aliphatic heterocycles. The SMILES string of the molecule is CCn1c(-c2ccccc2)ccc(CCC(=O)Cl)c1=O. The first-order valence-electron chi connectivity index (χ1n) is 6.60. The number of hydrogen-bond donors (Lipinski definition) is 0. The average Bonchev–Trinajstić information content (AvgIpc) is 2.46. The van der Waals surface area contributed by atoms with Crippen molar-refractivity contribution < 1.29 is 4.79 Å². The molecule has 0 unspecified atom stereocenters. The van der Waals surface area contributed by atoms with Gasteiger partial charge >= 0.3 is 0 Å². The van der Waals surface area contributed by atoms with E-state index in [2.05, 4.69) is 0 Å². The van der Waals surface area contributed by atoms with E-state index in [0.717, 1.165) is 11.3 Å². The van der Waals surface area contributed by atoms with Crippen LogP contribution in [0.15, 0.2) is 47.3 Å². The summed E-state index contributed by atoms with van der Waals surface area (Å²) in [5.41, 5.74) is 2.47. The second-order valence-corrected chi connectivity index (χ2v) is 4.94. The fourth-order valence-electron chi connectivity index (χ4n) is 2.22. The summed E-state index contributed by atoms with van der Waals surface area (Å²) >= 11 is 5.33. The third-order valence-electron chi connectivity index (χ3n) is 3.23. The van der Waals surface area contributed by atoms with Gasteiger partial charge in [-0.05, 0) is 36.6 Å². The molecule has 0 bridgehead atoms. The van der Waals surface area contributed by atoms with E-state index in [4.69, 9.17) is 11.6 Å². The monoisotopic (exact) mass is 289 g/mol. The molecule has 0 aliphatic rings. The van der Waals surface area contributed by atoms with Gasteiger partial charge in [-0.1, -0.05) is 36.4 Å². The van der Waals surface area contributed by atoms with Crippen molar-refractivity contribution >= 4 is 16.8 Å². The fraction of sp³-hybridized carbons (Fsp3) is 0.250. The van der Waals surface area contributed by atoms with E-state index in [-0.39, 0.29) is 12.0 Å². The highest BCUT2D eigenvalue weighted by Crippen LogP contribution is 2.18. The Morgan fingerprint density at radius 2 is 1.85 bits per heavy atom. The van der Waals surface area contributed by atoms with Gasteiger partial charge < -0.3 is 4.57 Å². The maximum absolute atomic E-state index is 12.4. The minimum Gasteiger partial charge on any atom is -0.308 e. The molecule has 3 nitrogen and oxygen atoms in total. The van der Waals surface area contributed by atoms with E-state index in [1.54, 1.807) is 10.6 Å². The van der Waals surface area contributed by atoms with Crippen LogP contribution in [0.2, 0.25) is 0 Å². The van der Waals surface area contributed by atoms with Crippen LogP contribution in [0.5, 0.6) is 0 Å². The summed E-state index contributed by atoms with van der Waals surface area (Å²) in [7, 11) is 0. The molecule has 104 valence electrons. The number of aryl methyl sites for hydroxylation is 1. The number of halogens is 1. The van der Waals surface area contributed by atoms with E-state index < -0.39 is 5.24 Å². The first-order chi connectivity index (χ1) is 9.63. The van der Waals surface area contributed by atoms with Gasteiger partial charge in [0.05, 0.1) is 5.69 Å². The molecule has 2 aromatic rings. The number of carbonyl (C=O) groups is 1. The number of pyridine rings is 1. The number of nitrogens with zero attached hydrogens (tertiary/aromatic N) is 1. The second-order valence-electron chi connectivity index (χ2n) is 4.51. The van der Waals surface area contributed by atoms with Crippen molar-refractivity contribution in [1.82, 2.24) is 4.57 Å². The van der Waals surface area contributed by atoms with Crippen LogP contribution in [0.25, 0.3) is 11.3 Å². The zero-order valence-corrected chi connectivity index (χ0v) is 12.1. The Labute approximate surface area is 122 Å². The van der Waals surface area contributed by atoms with Crippen LogP contribution in [-0.4, -0.2) is 9.81 Å². The van der Waals surface area contributed by atoms with Gasteiger partial charge in [-0.3, -0.25) is 9.59 Å². The summed E-state index contributed by atoms with van der Waals surface area (Å²) < 4.78 is 1.73. The summed E-state index contributed by atoms with van der Waals surface area (Å²) in [6, 6.07) is 13.5. The maximum atomic E-state index is 12.4. The summed E-state index contributed by atoms with van der Waals surface area (Å²) in [5, 5.41) is -0.417. The molecule has 0 saturated carbocycles. The molecule has 0 saturated heterocycles. The standard InChI is InChI=1S/C16H16ClNO2/c1-2-18-14(12-6-4-3-5-7-12)10-8-13(16(18)20)9-11-15(17)19/h3-8,10H,2,9,11H2,1H3. The Morgan fingerprint density at radius 3 is 2.45 bits per heavy atom. The molecular weight excluding hydrogens is 274 g/mol. The maximum Gasteiger partial charge on any atom is 0.254 e. The molecule has 1 heterocycles. The highest BCUT2D eigenvalue weighted by Gasteiger charge is 2.10. The molecule has 0 amide bonds. The molecular formula is C16H16ClNO2. The van der Waals surface area contributed by atoms with E-state index in [1.807, 2.05) is 43.3 Å². The van der Waals surface area contributed by atoms with E-state index >= 15 is 0 Å². The van der Waals surface area contributed by atoms with E-state index in [9.17, 15) is 9.59 Å². The van der Waals surface area contributed by atoms with Gasteiger partial charge in [-0.2, -0.15) is 0 Å². The highest BCUT2D eigenvalue weighted by atomic mass is 35.5. The van der Waals surface area contributed by atoms with Gasteiger partial charge in [0.1, 0.15) is 0 Å². The number of carbonyl (C=O) groups excluding carboxylic acids is 1. The highest BCUT2D eigenvalue weighted by molar-refractivity contribution is 6.63. The topological polar surface area (TPSA) is 39.1 Å². The van der Waals surface area contributed by atoms with E-state index in [1.165, 1.54) is 0 Å². The van der Waals surface area contributed by atoms with Crippen LogP contribution in [0.1, 0.15) is 18.9 Å². The number of rotatable bonds is 5. The lowest BCUT2D eigenvalue weighted by molar-refractivity contribution is -0.111. The Hall–Kier alpha value is -1.87. The first-order valence-corrected chi connectivity index (χ1v) is 6.97. The zero-order valence-electron chi connectivity index (χ0n) is 11.3. The molecule has 0 radical (unpaired) electrons. The first kappa shape index (κ1) is 14.5. The van der Waals surface area contributed by atoms with E-state index in [0.29, 0.717) is 18.5 Å². The van der Waals surface area contributed by atoms with Crippen molar-refractivity contribution in [3.05, 3.63) is 58.4 Å². The Bertz CT molecular complexity index is 662. The molecule has 0 N–H and O–H groups in total. The third kappa shape index (κ3) is 3.17. The molecule has 1 aromatic heterocycles. The van der Waals surface area contributed by atoms with Gasteiger partial charge in [0.2, 0.25) is 5.24 Å². The summed E-state index contributed by atoms with van der Waals surface area (Å²) in [6.07, 6.45) is 0.571. The van der Waals surface area contributed by atoms with Crippen molar-refractivity contribution in [2.24, 2.45) is 0 Å². The van der Waals surface area contributed by atoms with Crippen molar-refractivity contribution in [3.8, 4) is 11.3 Å². The van der Waals surface area contributed by atoms with Crippen molar-refractivity contribution in [2.45, 2.75) is 26.3 Å². The molecule has 0 aliphatic carbocycles. The molecule has 0 spiro atoms. The fourth-order valence-corrected chi connectivity index (χ4v) is 2.32. The lowest BCUT2D eigenvalue weighted by atomic mass is 10.1. The van der Waals surface area contributed by atoms with Crippen molar-refractivity contribution in [1.29, 1.82) is 0 Å².